The molecule has 0 radical (unpaired) electrons. The van der Waals surface area contributed by atoms with Crippen LogP contribution in [0.3, 0.4) is 0 Å². The van der Waals surface area contributed by atoms with Crippen molar-refractivity contribution in [3.05, 3.63) is 0 Å². The monoisotopic (exact) mass is 149 g/mol. The summed E-state index contributed by atoms with van der Waals surface area (Å²) in [5.74, 6) is -0.833. The van der Waals surface area contributed by atoms with Crippen LogP contribution in [0.2, 0.25) is 0 Å². The molecule has 0 fully saturated rings. The van der Waals surface area contributed by atoms with E-state index in [4.69, 9.17) is 20.4 Å². The summed E-state index contributed by atoms with van der Waals surface area (Å²) in [6, 6.07) is 0. The molecule has 4 heteroatoms. The normalized spacial score (nSPS) is 7.90. The van der Waals surface area contributed by atoms with Crippen LogP contribution in [0.4, 0.5) is 0 Å². The molecule has 0 aromatic carbocycles. The molecule has 4 nitrogen and oxygen atoms in total. The van der Waals surface area contributed by atoms with E-state index in [1.54, 1.807) is 7.11 Å². The van der Waals surface area contributed by atoms with Gasteiger partial charge in [-0.1, -0.05) is 0 Å². The Labute approximate surface area is 61.0 Å². The molecule has 0 spiro atoms. The average Bonchev–Trinajstić information content (AvgIpc) is 1.82. The van der Waals surface area contributed by atoms with Crippen LogP contribution >= 0.6 is 0 Å². The van der Waals surface area contributed by atoms with Gasteiger partial charge in [0.2, 0.25) is 0 Å². The van der Waals surface area contributed by atoms with Gasteiger partial charge >= 0.3 is 0 Å². The van der Waals surface area contributed by atoms with Crippen LogP contribution in [0.25, 0.3) is 0 Å². The van der Waals surface area contributed by atoms with E-state index in [1.165, 1.54) is 0 Å². The first-order valence-electron chi connectivity index (χ1n) is 3.03. The minimum atomic E-state index is -0.833. The minimum absolute atomic E-state index is 0.730. The lowest BCUT2D eigenvalue weighted by atomic mass is 10.5. The number of carboxylic acid groups (broad SMARTS) is 1. The van der Waals surface area contributed by atoms with Gasteiger partial charge in [-0.2, -0.15) is 0 Å². The van der Waals surface area contributed by atoms with Crippen LogP contribution in [-0.4, -0.2) is 31.3 Å². The average molecular weight is 149 g/mol. The summed E-state index contributed by atoms with van der Waals surface area (Å²) in [5, 5.41) is 7.42. The van der Waals surface area contributed by atoms with Crippen LogP contribution in [0, 0.1) is 0 Å². The lowest BCUT2D eigenvalue weighted by Crippen LogP contribution is -2.01. The fourth-order valence-corrected chi connectivity index (χ4v) is 0.228. The summed E-state index contributed by atoms with van der Waals surface area (Å²) in [6.07, 6.45) is 0.969. The topological polar surface area (TPSA) is 72.5 Å². The molecule has 0 saturated heterocycles. The Bertz CT molecular complexity index is 67.4. The Balaban J connectivity index is 0. The van der Waals surface area contributed by atoms with E-state index < -0.39 is 5.97 Å². The van der Waals surface area contributed by atoms with Crippen molar-refractivity contribution in [1.29, 1.82) is 0 Å². The third-order valence-electron chi connectivity index (χ3n) is 0.553. The zero-order valence-corrected chi connectivity index (χ0v) is 6.46. The second kappa shape index (κ2) is 11.2. The van der Waals surface area contributed by atoms with Crippen molar-refractivity contribution in [2.75, 3.05) is 20.3 Å². The van der Waals surface area contributed by atoms with Crippen molar-refractivity contribution in [2.45, 2.75) is 13.3 Å². The maximum atomic E-state index is 9.00. The summed E-state index contributed by atoms with van der Waals surface area (Å²) in [5.41, 5.74) is 5.13. The number of carbonyl (C=O) groups is 1. The highest BCUT2D eigenvalue weighted by Gasteiger charge is 1.74. The highest BCUT2D eigenvalue weighted by Crippen LogP contribution is 1.70. The standard InChI is InChI=1S/C4H11NO.C2H4O2/c1-6-4-2-3-5;1-2(3)4/h2-5H2,1H3;1H3,(H,3,4). The Hall–Kier alpha value is -0.610. The van der Waals surface area contributed by atoms with Crippen molar-refractivity contribution in [1.82, 2.24) is 0 Å². The summed E-state index contributed by atoms with van der Waals surface area (Å²) in [4.78, 5) is 9.00. The summed E-state index contributed by atoms with van der Waals surface area (Å²) >= 11 is 0. The molecule has 0 aromatic rings. The first-order valence-corrected chi connectivity index (χ1v) is 3.03. The number of nitrogens with two attached hydrogens (primary N) is 1. The molecular formula is C6H15NO3. The minimum Gasteiger partial charge on any atom is -0.481 e. The van der Waals surface area contributed by atoms with Crippen molar-refractivity contribution in [2.24, 2.45) is 5.73 Å². The molecule has 10 heavy (non-hydrogen) atoms. The van der Waals surface area contributed by atoms with Crippen molar-refractivity contribution < 1.29 is 14.6 Å². The summed E-state index contributed by atoms with van der Waals surface area (Å²) < 4.78 is 4.70. The van der Waals surface area contributed by atoms with Gasteiger partial charge in [0.05, 0.1) is 0 Å². The van der Waals surface area contributed by atoms with Gasteiger partial charge < -0.3 is 15.6 Å². The second-order valence-corrected chi connectivity index (χ2v) is 1.65. The summed E-state index contributed by atoms with van der Waals surface area (Å²) in [6.45, 7) is 2.60. The fraction of sp³-hybridized carbons (Fsp3) is 0.833. The molecule has 0 aliphatic rings. The van der Waals surface area contributed by atoms with Gasteiger partial charge in [0.1, 0.15) is 0 Å². The highest BCUT2D eigenvalue weighted by molar-refractivity contribution is 5.62. The van der Waals surface area contributed by atoms with E-state index in [9.17, 15) is 0 Å². The van der Waals surface area contributed by atoms with Gasteiger partial charge in [-0.25, -0.2) is 0 Å². The fourth-order valence-electron chi connectivity index (χ4n) is 0.228. The van der Waals surface area contributed by atoms with Crippen molar-refractivity contribution in [3.63, 3.8) is 0 Å². The molecule has 0 aliphatic carbocycles. The second-order valence-electron chi connectivity index (χ2n) is 1.65. The van der Waals surface area contributed by atoms with E-state index in [0.717, 1.165) is 26.5 Å². The van der Waals surface area contributed by atoms with Crippen LogP contribution < -0.4 is 5.73 Å². The Morgan fingerprint density at radius 3 is 2.20 bits per heavy atom. The first-order chi connectivity index (χ1) is 4.65. The van der Waals surface area contributed by atoms with Gasteiger partial charge in [-0.15, -0.1) is 0 Å². The van der Waals surface area contributed by atoms with E-state index >= 15 is 0 Å². The molecule has 0 unspecified atom stereocenters. The van der Waals surface area contributed by atoms with Gasteiger partial charge in [0.25, 0.3) is 5.97 Å². The molecular weight excluding hydrogens is 134 g/mol. The van der Waals surface area contributed by atoms with Gasteiger partial charge in [0.15, 0.2) is 0 Å². The number of methoxy groups -OCH3 is 1. The molecule has 0 atom stereocenters. The van der Waals surface area contributed by atoms with E-state index in [2.05, 4.69) is 0 Å². The first kappa shape index (κ1) is 12.1. The van der Waals surface area contributed by atoms with Gasteiger partial charge in [-0.05, 0) is 13.0 Å². The lowest BCUT2D eigenvalue weighted by Gasteiger charge is -1.89. The maximum absolute atomic E-state index is 9.00. The molecule has 62 valence electrons. The SMILES string of the molecule is CC(=O)O.COCCCN. The molecule has 0 bridgehead atoms. The number of ether oxygens (including phenoxy) is 1. The lowest BCUT2D eigenvalue weighted by molar-refractivity contribution is -0.134. The van der Waals surface area contributed by atoms with Crippen LogP contribution in [0.15, 0.2) is 0 Å². The highest BCUT2D eigenvalue weighted by atomic mass is 16.5. The predicted molar refractivity (Wildman–Crippen MR) is 38.9 cm³/mol. The van der Waals surface area contributed by atoms with E-state index in [-0.39, 0.29) is 0 Å². The summed E-state index contributed by atoms with van der Waals surface area (Å²) in [7, 11) is 1.68. The van der Waals surface area contributed by atoms with Crippen LogP contribution in [0.1, 0.15) is 13.3 Å². The number of carboxylic acids is 1. The van der Waals surface area contributed by atoms with Crippen molar-refractivity contribution in [3.8, 4) is 0 Å². The third kappa shape index (κ3) is 52.8. The Morgan fingerprint density at radius 2 is 2.10 bits per heavy atom. The van der Waals surface area contributed by atoms with E-state index in [1.807, 2.05) is 0 Å². The van der Waals surface area contributed by atoms with Crippen LogP contribution in [-0.2, 0) is 9.53 Å². The zero-order chi connectivity index (χ0) is 8.41. The zero-order valence-electron chi connectivity index (χ0n) is 6.46. The molecule has 0 aromatic heterocycles. The molecule has 0 amide bonds. The number of aliphatic carboxylic acids is 1. The van der Waals surface area contributed by atoms with E-state index in [0.29, 0.717) is 0 Å². The smallest absolute Gasteiger partial charge is 0.300 e. The third-order valence-corrected chi connectivity index (χ3v) is 0.553. The van der Waals surface area contributed by atoms with Crippen LogP contribution in [0.5, 0.6) is 0 Å². The molecule has 3 N–H and O–H groups in total. The Morgan fingerprint density at radius 1 is 1.70 bits per heavy atom. The molecule has 0 saturated carbocycles. The molecule has 0 heterocycles. The quantitative estimate of drug-likeness (QED) is 0.557. The Kier molecular flexibility index (Phi) is 13.6. The predicted octanol–water partition coefficient (Wildman–Crippen LogP) is 0.0725. The molecule has 0 aliphatic heterocycles. The maximum Gasteiger partial charge on any atom is 0.300 e. The number of hydrogen-bond donors (Lipinski definition) is 2. The number of hydrogen-bond acceptors (Lipinski definition) is 3. The van der Waals surface area contributed by atoms with Gasteiger partial charge in [0, 0.05) is 20.6 Å². The van der Waals surface area contributed by atoms with Crippen molar-refractivity contribution >= 4 is 5.97 Å². The molecule has 0 rings (SSSR count). The largest absolute Gasteiger partial charge is 0.481 e. The number of rotatable bonds is 3. The van der Waals surface area contributed by atoms with Gasteiger partial charge in [-0.3, -0.25) is 4.79 Å².